The van der Waals surface area contributed by atoms with Gasteiger partial charge in [-0.05, 0) is 6.42 Å². The molecule has 0 N–H and O–H groups in total. The number of rotatable bonds is 7. The molecule has 0 spiro atoms. The molecule has 0 aromatic carbocycles. The van der Waals surface area contributed by atoms with Crippen LogP contribution in [0.15, 0.2) is 0 Å². The van der Waals surface area contributed by atoms with Crippen LogP contribution >= 0.6 is 0 Å². The summed E-state index contributed by atoms with van der Waals surface area (Å²) in [6.45, 7) is 3.47. The molecule has 1 fully saturated rings. The van der Waals surface area contributed by atoms with Gasteiger partial charge in [-0.25, -0.2) is 0 Å². The van der Waals surface area contributed by atoms with Gasteiger partial charge < -0.3 is 23.7 Å². The first-order valence-electron chi connectivity index (χ1n) is 7.83. The van der Waals surface area contributed by atoms with Crippen molar-refractivity contribution < 1.29 is 38.1 Å². The van der Waals surface area contributed by atoms with Crippen molar-refractivity contribution in [2.75, 3.05) is 13.7 Å². The second-order valence-corrected chi connectivity index (χ2v) is 5.59. The van der Waals surface area contributed by atoms with Crippen LogP contribution in [0.3, 0.4) is 0 Å². The third kappa shape index (κ3) is 6.32. The minimum Gasteiger partial charge on any atom is -0.463 e. The smallest absolute Gasteiger partial charge is 0.303 e. The fraction of sp³-hybridized carbons (Fsp3) is 0.750. The highest BCUT2D eigenvalue weighted by molar-refractivity contribution is 5.67. The average molecular weight is 357 g/mol. The first kappa shape index (κ1) is 20.9. The van der Waals surface area contributed by atoms with Crippen molar-refractivity contribution in [2.45, 2.75) is 58.2 Å². The van der Waals surface area contributed by atoms with E-state index < -0.39 is 48.4 Å². The van der Waals surface area contributed by atoms with Crippen molar-refractivity contribution in [3.63, 3.8) is 0 Å². The molecule has 9 heteroatoms. The molecule has 0 radical (unpaired) electrons. The first-order valence-corrected chi connectivity index (χ1v) is 7.83. The lowest BCUT2D eigenvalue weighted by atomic mass is 9.87. The summed E-state index contributed by atoms with van der Waals surface area (Å²) in [4.78, 5) is 34.1. The second-order valence-electron chi connectivity index (χ2n) is 5.59. The van der Waals surface area contributed by atoms with Gasteiger partial charge in [0.05, 0.1) is 12.0 Å². The third-order valence-corrected chi connectivity index (χ3v) is 3.65. The highest BCUT2D eigenvalue weighted by atomic mass is 16.7. The van der Waals surface area contributed by atoms with E-state index in [0.717, 1.165) is 0 Å². The quantitative estimate of drug-likeness (QED) is 0.479. The van der Waals surface area contributed by atoms with Crippen LogP contribution in [0.5, 0.6) is 0 Å². The number of ether oxygens (including phenoxy) is 5. The van der Waals surface area contributed by atoms with Gasteiger partial charge in [0.25, 0.3) is 0 Å². The monoisotopic (exact) mass is 357 g/mol. The van der Waals surface area contributed by atoms with Gasteiger partial charge in [-0.1, -0.05) is 0 Å². The molecule has 1 aliphatic rings. The maximum atomic E-state index is 11.5. The summed E-state index contributed by atoms with van der Waals surface area (Å²) in [5.41, 5.74) is 0. The fourth-order valence-electron chi connectivity index (χ4n) is 2.74. The lowest BCUT2D eigenvalue weighted by Crippen LogP contribution is -2.59. The van der Waals surface area contributed by atoms with Gasteiger partial charge in [0.15, 0.2) is 12.4 Å². The minimum absolute atomic E-state index is 0.174. The Morgan fingerprint density at radius 1 is 1.04 bits per heavy atom. The van der Waals surface area contributed by atoms with Gasteiger partial charge >= 0.3 is 17.9 Å². The summed E-state index contributed by atoms with van der Waals surface area (Å²) in [5.74, 6) is -2.23. The Morgan fingerprint density at radius 3 is 2.12 bits per heavy atom. The SMILES string of the molecule is CO[C@H]1O[C@H](COC(C)=O)[C@@H](OC(C)=O)[C@H](OC(C)=O)[C@@H]1CCC#N. The Bertz CT molecular complexity index is 529. The predicted octanol–water partition coefficient (Wildman–Crippen LogP) is 0.704. The number of nitriles is 1. The number of methoxy groups -OCH3 is 1. The molecule has 1 heterocycles. The fourth-order valence-corrected chi connectivity index (χ4v) is 2.74. The van der Waals surface area contributed by atoms with Crippen LogP contribution in [0.4, 0.5) is 0 Å². The molecule has 140 valence electrons. The van der Waals surface area contributed by atoms with E-state index in [1.54, 1.807) is 0 Å². The van der Waals surface area contributed by atoms with Gasteiger partial charge in [0.2, 0.25) is 0 Å². The van der Waals surface area contributed by atoms with E-state index in [0.29, 0.717) is 6.42 Å². The second kappa shape index (κ2) is 9.96. The highest BCUT2D eigenvalue weighted by Crippen LogP contribution is 2.34. The molecule has 0 aromatic rings. The third-order valence-electron chi connectivity index (χ3n) is 3.65. The van der Waals surface area contributed by atoms with E-state index in [1.165, 1.54) is 27.9 Å². The van der Waals surface area contributed by atoms with E-state index >= 15 is 0 Å². The number of hydrogen-bond donors (Lipinski definition) is 0. The molecule has 25 heavy (non-hydrogen) atoms. The molecule has 0 aromatic heterocycles. The summed E-state index contributed by atoms with van der Waals surface area (Å²) in [6, 6.07) is 2.01. The largest absolute Gasteiger partial charge is 0.463 e. The molecule has 0 aliphatic carbocycles. The lowest BCUT2D eigenvalue weighted by Gasteiger charge is -2.44. The summed E-state index contributed by atoms with van der Waals surface area (Å²) >= 11 is 0. The van der Waals surface area contributed by atoms with Gasteiger partial charge in [-0.2, -0.15) is 5.26 Å². The number of hydrogen-bond acceptors (Lipinski definition) is 9. The van der Waals surface area contributed by atoms with E-state index in [1.807, 2.05) is 6.07 Å². The highest BCUT2D eigenvalue weighted by Gasteiger charge is 2.50. The van der Waals surface area contributed by atoms with Crippen LogP contribution in [0.2, 0.25) is 0 Å². The van der Waals surface area contributed by atoms with Gasteiger partial charge in [-0.3, -0.25) is 14.4 Å². The van der Waals surface area contributed by atoms with Crippen molar-refractivity contribution >= 4 is 17.9 Å². The zero-order chi connectivity index (χ0) is 19.0. The summed E-state index contributed by atoms with van der Waals surface area (Å²) < 4.78 is 26.6. The molecular formula is C16H23NO8. The van der Waals surface area contributed by atoms with E-state index in [-0.39, 0.29) is 13.0 Å². The molecular weight excluding hydrogens is 334 g/mol. The molecule has 1 rings (SSSR count). The maximum Gasteiger partial charge on any atom is 0.303 e. The van der Waals surface area contributed by atoms with Crippen LogP contribution in [0.1, 0.15) is 33.6 Å². The van der Waals surface area contributed by atoms with Crippen LogP contribution in [0.25, 0.3) is 0 Å². The molecule has 0 bridgehead atoms. The van der Waals surface area contributed by atoms with Crippen LogP contribution in [0, 0.1) is 17.2 Å². The summed E-state index contributed by atoms with van der Waals surface area (Å²) in [5, 5.41) is 8.85. The molecule has 0 saturated carbocycles. The van der Waals surface area contributed by atoms with Gasteiger partial charge in [0, 0.05) is 34.3 Å². The molecule has 0 amide bonds. The number of carbonyl (C=O) groups excluding carboxylic acids is 3. The Hall–Kier alpha value is -2.18. The molecule has 9 nitrogen and oxygen atoms in total. The lowest BCUT2D eigenvalue weighted by molar-refractivity contribution is -0.286. The van der Waals surface area contributed by atoms with Gasteiger partial charge in [0.1, 0.15) is 18.8 Å². The molecule has 0 unspecified atom stereocenters. The zero-order valence-corrected chi connectivity index (χ0v) is 14.7. The zero-order valence-electron chi connectivity index (χ0n) is 14.7. The van der Waals surface area contributed by atoms with Crippen molar-refractivity contribution in [3.8, 4) is 6.07 Å². The number of carbonyl (C=O) groups is 3. The van der Waals surface area contributed by atoms with E-state index in [9.17, 15) is 14.4 Å². The predicted molar refractivity (Wildman–Crippen MR) is 81.7 cm³/mol. The number of nitrogens with zero attached hydrogens (tertiary/aromatic N) is 1. The Labute approximate surface area is 146 Å². The van der Waals surface area contributed by atoms with Gasteiger partial charge in [-0.15, -0.1) is 0 Å². The summed E-state index contributed by atoms with van der Waals surface area (Å²) in [7, 11) is 1.41. The van der Waals surface area contributed by atoms with Crippen LogP contribution in [-0.4, -0.2) is 56.2 Å². The van der Waals surface area contributed by atoms with Crippen molar-refractivity contribution in [1.82, 2.24) is 0 Å². The van der Waals surface area contributed by atoms with Crippen molar-refractivity contribution in [1.29, 1.82) is 5.26 Å². The Kier molecular flexibility index (Phi) is 8.31. The molecule has 1 saturated heterocycles. The normalized spacial score (nSPS) is 28.5. The van der Waals surface area contributed by atoms with Crippen LogP contribution < -0.4 is 0 Å². The Balaban J connectivity index is 3.14. The molecule has 5 atom stereocenters. The maximum absolute atomic E-state index is 11.5. The van der Waals surface area contributed by atoms with E-state index in [4.69, 9.17) is 28.9 Å². The topological polar surface area (TPSA) is 121 Å². The van der Waals surface area contributed by atoms with E-state index in [2.05, 4.69) is 0 Å². The Morgan fingerprint density at radius 2 is 1.64 bits per heavy atom. The first-order chi connectivity index (χ1) is 11.8. The minimum atomic E-state index is -0.990. The van der Waals surface area contributed by atoms with Crippen LogP contribution in [-0.2, 0) is 38.1 Å². The standard InChI is InChI=1S/C16H23NO8/c1-9(18)22-8-13-15(24-11(3)20)14(23-10(2)19)12(6-5-7-17)16(21-4)25-13/h12-16H,5-6,8H2,1-4H3/t12-,13+,14+,15+,16-/m0/s1. The van der Waals surface area contributed by atoms with Crippen molar-refractivity contribution in [2.24, 2.45) is 5.92 Å². The van der Waals surface area contributed by atoms with Crippen molar-refractivity contribution in [3.05, 3.63) is 0 Å². The molecule has 1 aliphatic heterocycles. The number of esters is 3. The average Bonchev–Trinajstić information content (AvgIpc) is 2.52. The summed E-state index contributed by atoms with van der Waals surface area (Å²) in [6.07, 6.45) is -3.09.